The maximum atomic E-state index is 12.0. The topological polar surface area (TPSA) is 26.3 Å². The molecule has 96 valence electrons. The molecule has 0 aliphatic rings. The van der Waals surface area contributed by atoms with E-state index < -0.39 is 18.2 Å². The summed E-state index contributed by atoms with van der Waals surface area (Å²) >= 11 is 0. The van der Waals surface area contributed by atoms with Gasteiger partial charge in [-0.25, -0.2) is 4.79 Å². The first-order valence-electron chi connectivity index (χ1n) is 5.69. The van der Waals surface area contributed by atoms with Gasteiger partial charge in [-0.15, -0.1) is 0 Å². The number of hydrogen-bond donors (Lipinski definition) is 0. The minimum atomic E-state index is -4.88. The van der Waals surface area contributed by atoms with E-state index in [0.717, 1.165) is 19.3 Å². The van der Waals surface area contributed by atoms with Gasteiger partial charge >= 0.3 is 12.1 Å². The number of alkyl halides is 3. The Morgan fingerprint density at radius 3 is 2.19 bits per heavy atom. The molecular weight excluding hydrogens is 221 g/mol. The number of carbonyl (C=O) groups excluding carboxylic acids is 1. The van der Waals surface area contributed by atoms with Crippen LogP contribution < -0.4 is 0 Å². The predicted molar refractivity (Wildman–Crippen MR) is 55.0 cm³/mol. The van der Waals surface area contributed by atoms with Crippen molar-refractivity contribution in [1.29, 1.82) is 0 Å². The van der Waals surface area contributed by atoms with Gasteiger partial charge in [-0.05, 0) is 19.3 Å². The third kappa shape index (κ3) is 6.69. The molecular formula is C11H19F3O2. The molecule has 0 radical (unpaired) electrons. The van der Waals surface area contributed by atoms with Crippen molar-refractivity contribution in [3.63, 3.8) is 0 Å². The minimum absolute atomic E-state index is 0.492. The zero-order valence-electron chi connectivity index (χ0n) is 9.77. The van der Waals surface area contributed by atoms with Crippen LogP contribution in [-0.2, 0) is 9.53 Å². The van der Waals surface area contributed by atoms with E-state index in [4.69, 9.17) is 0 Å². The summed E-state index contributed by atoms with van der Waals surface area (Å²) in [4.78, 5) is 10.6. The van der Waals surface area contributed by atoms with Crippen LogP contribution in [0.15, 0.2) is 0 Å². The van der Waals surface area contributed by atoms with Crippen molar-refractivity contribution in [1.82, 2.24) is 0 Å². The summed E-state index contributed by atoms with van der Waals surface area (Å²) in [7, 11) is 0. The molecule has 16 heavy (non-hydrogen) atoms. The second kappa shape index (κ2) is 7.52. The lowest BCUT2D eigenvalue weighted by Crippen LogP contribution is -2.30. The Balaban J connectivity index is 4.06. The van der Waals surface area contributed by atoms with E-state index in [0.29, 0.717) is 19.3 Å². The van der Waals surface area contributed by atoms with E-state index in [1.165, 1.54) is 0 Å². The third-order valence-corrected chi connectivity index (χ3v) is 2.25. The highest BCUT2D eigenvalue weighted by atomic mass is 19.4. The molecule has 1 unspecified atom stereocenters. The lowest BCUT2D eigenvalue weighted by molar-refractivity contribution is -0.205. The van der Waals surface area contributed by atoms with Gasteiger partial charge in [0.25, 0.3) is 0 Å². The molecule has 0 aliphatic heterocycles. The molecule has 1 atom stereocenters. The predicted octanol–water partition coefficient (Wildman–Crippen LogP) is 3.84. The maximum absolute atomic E-state index is 12.0. The van der Waals surface area contributed by atoms with E-state index in [2.05, 4.69) is 4.74 Å². The first-order chi connectivity index (χ1) is 7.41. The second-order valence-electron chi connectivity index (χ2n) is 3.81. The monoisotopic (exact) mass is 240 g/mol. The zero-order chi connectivity index (χ0) is 12.6. The van der Waals surface area contributed by atoms with Gasteiger partial charge in [0.15, 0.2) is 0 Å². The highest BCUT2D eigenvalue weighted by Gasteiger charge is 2.42. The Bertz CT molecular complexity index is 202. The molecule has 0 saturated heterocycles. The average Bonchev–Trinajstić information content (AvgIpc) is 2.16. The van der Waals surface area contributed by atoms with Gasteiger partial charge in [-0.2, -0.15) is 13.2 Å². The molecule has 0 aromatic rings. The van der Waals surface area contributed by atoms with Crippen LogP contribution in [-0.4, -0.2) is 18.2 Å². The third-order valence-electron chi connectivity index (χ3n) is 2.25. The van der Waals surface area contributed by atoms with E-state index in [1.54, 1.807) is 0 Å². The standard InChI is InChI=1S/C11H19F3O2/c1-3-5-6-8-9(7-4-2)16-10(15)11(12,13)14/h9H,3-8H2,1-2H3. The van der Waals surface area contributed by atoms with Gasteiger partial charge in [0.2, 0.25) is 0 Å². The second-order valence-corrected chi connectivity index (χ2v) is 3.81. The minimum Gasteiger partial charge on any atom is -0.456 e. The number of unbranched alkanes of at least 4 members (excludes halogenated alkanes) is 2. The smallest absolute Gasteiger partial charge is 0.456 e. The van der Waals surface area contributed by atoms with Crippen molar-refractivity contribution in [2.75, 3.05) is 0 Å². The molecule has 0 fully saturated rings. The van der Waals surface area contributed by atoms with Crippen molar-refractivity contribution in [2.45, 2.75) is 64.7 Å². The molecule has 0 rings (SSSR count). The SMILES string of the molecule is CCCCCC(CCC)OC(=O)C(F)(F)F. The molecule has 0 bridgehead atoms. The number of hydrogen-bond acceptors (Lipinski definition) is 2. The summed E-state index contributed by atoms with van der Waals surface area (Å²) in [5.41, 5.74) is 0. The van der Waals surface area contributed by atoms with Gasteiger partial charge < -0.3 is 4.74 Å². The lowest BCUT2D eigenvalue weighted by Gasteiger charge is -2.17. The summed E-state index contributed by atoms with van der Waals surface area (Å²) in [5.74, 6) is -2.07. The molecule has 0 heterocycles. The molecule has 0 spiro atoms. The van der Waals surface area contributed by atoms with Crippen LogP contribution in [0.25, 0.3) is 0 Å². The zero-order valence-corrected chi connectivity index (χ0v) is 9.77. The average molecular weight is 240 g/mol. The quantitative estimate of drug-likeness (QED) is 0.499. The van der Waals surface area contributed by atoms with Crippen molar-refractivity contribution < 1.29 is 22.7 Å². The van der Waals surface area contributed by atoms with Crippen molar-refractivity contribution in [3.05, 3.63) is 0 Å². The largest absolute Gasteiger partial charge is 0.490 e. The molecule has 0 saturated carbocycles. The Morgan fingerprint density at radius 2 is 1.75 bits per heavy atom. The summed E-state index contributed by atoms with van der Waals surface area (Å²) < 4.78 is 40.3. The van der Waals surface area contributed by atoms with Crippen LogP contribution >= 0.6 is 0 Å². The molecule has 0 N–H and O–H groups in total. The number of halogens is 3. The Kier molecular flexibility index (Phi) is 7.17. The van der Waals surface area contributed by atoms with Gasteiger partial charge in [0.1, 0.15) is 6.10 Å². The van der Waals surface area contributed by atoms with E-state index >= 15 is 0 Å². The van der Waals surface area contributed by atoms with Crippen molar-refractivity contribution >= 4 is 5.97 Å². The maximum Gasteiger partial charge on any atom is 0.490 e. The molecule has 0 amide bonds. The van der Waals surface area contributed by atoms with E-state index in [1.807, 2.05) is 13.8 Å². The highest BCUT2D eigenvalue weighted by molar-refractivity contribution is 5.75. The van der Waals surface area contributed by atoms with E-state index in [9.17, 15) is 18.0 Å². The molecule has 0 aliphatic carbocycles. The van der Waals surface area contributed by atoms with Crippen LogP contribution in [0.4, 0.5) is 13.2 Å². The van der Waals surface area contributed by atoms with Gasteiger partial charge in [-0.3, -0.25) is 0 Å². The molecule has 0 aromatic carbocycles. The summed E-state index contributed by atoms with van der Waals surface area (Å²) in [6.45, 7) is 3.87. The van der Waals surface area contributed by atoms with Crippen LogP contribution in [0.3, 0.4) is 0 Å². The Morgan fingerprint density at radius 1 is 1.12 bits per heavy atom. The Hall–Kier alpha value is -0.740. The van der Waals surface area contributed by atoms with Crippen LogP contribution in [0.1, 0.15) is 52.4 Å². The number of rotatable bonds is 7. The number of ether oxygens (including phenoxy) is 1. The Labute approximate surface area is 94.2 Å². The van der Waals surface area contributed by atoms with Crippen LogP contribution in [0.2, 0.25) is 0 Å². The molecule has 5 heteroatoms. The van der Waals surface area contributed by atoms with Gasteiger partial charge in [-0.1, -0.05) is 33.1 Å². The fourth-order valence-electron chi connectivity index (χ4n) is 1.42. The normalized spacial score (nSPS) is 13.6. The first kappa shape index (κ1) is 15.3. The number of esters is 1. The molecule has 2 nitrogen and oxygen atoms in total. The van der Waals surface area contributed by atoms with E-state index in [-0.39, 0.29) is 0 Å². The van der Waals surface area contributed by atoms with Crippen molar-refractivity contribution in [3.8, 4) is 0 Å². The van der Waals surface area contributed by atoms with Crippen molar-refractivity contribution in [2.24, 2.45) is 0 Å². The van der Waals surface area contributed by atoms with Crippen LogP contribution in [0, 0.1) is 0 Å². The highest BCUT2D eigenvalue weighted by Crippen LogP contribution is 2.20. The summed E-state index contributed by atoms with van der Waals surface area (Å²) in [6, 6.07) is 0. The number of carbonyl (C=O) groups is 1. The lowest BCUT2D eigenvalue weighted by atomic mass is 10.1. The van der Waals surface area contributed by atoms with Gasteiger partial charge in [0, 0.05) is 0 Å². The van der Waals surface area contributed by atoms with Crippen LogP contribution in [0.5, 0.6) is 0 Å². The fourth-order valence-corrected chi connectivity index (χ4v) is 1.42. The fraction of sp³-hybridized carbons (Fsp3) is 0.909. The first-order valence-corrected chi connectivity index (χ1v) is 5.69. The summed E-state index contributed by atoms with van der Waals surface area (Å²) in [5, 5.41) is 0. The van der Waals surface area contributed by atoms with Gasteiger partial charge in [0.05, 0.1) is 0 Å². The molecule has 0 aromatic heterocycles. The summed E-state index contributed by atoms with van der Waals surface area (Å²) in [6.07, 6.45) is -1.01.